The first-order chi connectivity index (χ1) is 19.0. The monoisotopic (exact) mass is 539 g/mol. The van der Waals surface area contributed by atoms with E-state index in [1.807, 2.05) is 78.4 Å². The number of hydrogen-bond donors (Lipinski definition) is 2. The van der Waals surface area contributed by atoms with Crippen molar-refractivity contribution in [3.8, 4) is 11.1 Å². The third kappa shape index (κ3) is 5.16. The Kier molecular flexibility index (Phi) is 6.64. The third-order valence-electron chi connectivity index (χ3n) is 6.77. The second kappa shape index (κ2) is 10.5. The number of nitrogens with one attached hydrogen (secondary N) is 1. The zero-order valence-electron chi connectivity index (χ0n) is 20.8. The molecule has 1 aliphatic rings. The number of hydrogen-bond acceptors (Lipinski definition) is 7. The number of carbonyl (C=O) groups is 2. The lowest BCUT2D eigenvalue weighted by Gasteiger charge is -2.33. The van der Waals surface area contributed by atoms with Crippen molar-refractivity contribution in [2.24, 2.45) is 0 Å². The van der Waals surface area contributed by atoms with Gasteiger partial charge >= 0.3 is 6.09 Å². The average Bonchev–Trinajstić information content (AvgIpc) is 3.63. The molecule has 1 aliphatic heterocycles. The van der Waals surface area contributed by atoms with Gasteiger partial charge in [-0.05, 0) is 29.3 Å². The standard InChI is InChI=1S/C28H25N7O3S/c36-26(31-27-29-10-15-39-27)25(19-4-2-1-3-5-19)35-18-22-7-6-20(16-23(22)32-35)21-8-9-24(30-17-21)33-11-13-34(14-12-33)28(37)38/h1-10,15-18,25H,11-14H2,(H,37,38)(H,29,31,36). The fourth-order valence-electron chi connectivity index (χ4n) is 4.74. The number of aromatic nitrogens is 4. The maximum absolute atomic E-state index is 13.3. The maximum Gasteiger partial charge on any atom is 0.407 e. The molecule has 1 saturated heterocycles. The topological polar surface area (TPSA) is 116 Å². The van der Waals surface area contributed by atoms with Crippen molar-refractivity contribution >= 4 is 45.2 Å². The van der Waals surface area contributed by atoms with Crippen molar-refractivity contribution in [3.05, 3.63) is 90.2 Å². The van der Waals surface area contributed by atoms with E-state index >= 15 is 0 Å². The SMILES string of the molecule is O=C(Nc1nccs1)C(c1ccccc1)n1cc2ccc(-c3ccc(N4CCN(C(=O)O)CC4)nc3)cc2n1. The zero-order chi connectivity index (χ0) is 26.8. The number of amides is 2. The van der Waals surface area contributed by atoms with E-state index in [9.17, 15) is 9.59 Å². The molecule has 10 nitrogen and oxygen atoms in total. The summed E-state index contributed by atoms with van der Waals surface area (Å²) in [5, 5.41) is 20.1. The molecule has 2 aromatic carbocycles. The molecule has 2 amide bonds. The number of anilines is 2. The Morgan fingerprint density at radius 3 is 2.44 bits per heavy atom. The van der Waals surface area contributed by atoms with E-state index in [1.54, 1.807) is 10.9 Å². The van der Waals surface area contributed by atoms with Crippen LogP contribution in [-0.4, -0.2) is 67.9 Å². The van der Waals surface area contributed by atoms with E-state index in [0.717, 1.165) is 33.4 Å². The van der Waals surface area contributed by atoms with Gasteiger partial charge < -0.3 is 14.9 Å². The Morgan fingerprint density at radius 1 is 0.949 bits per heavy atom. The van der Waals surface area contributed by atoms with Gasteiger partial charge in [-0.2, -0.15) is 5.10 Å². The maximum atomic E-state index is 13.3. The number of thiazole rings is 1. The van der Waals surface area contributed by atoms with Gasteiger partial charge in [-0.3, -0.25) is 14.8 Å². The predicted molar refractivity (Wildman–Crippen MR) is 150 cm³/mol. The molecule has 2 N–H and O–H groups in total. The molecule has 0 aliphatic carbocycles. The lowest BCUT2D eigenvalue weighted by atomic mass is 10.1. The Balaban J connectivity index is 1.25. The lowest BCUT2D eigenvalue weighted by molar-refractivity contribution is -0.118. The van der Waals surface area contributed by atoms with Crippen LogP contribution in [-0.2, 0) is 4.79 Å². The molecule has 0 radical (unpaired) electrons. The number of piperazine rings is 1. The summed E-state index contributed by atoms with van der Waals surface area (Å²) in [5.41, 5.74) is 3.50. The Hall–Kier alpha value is -4.77. The molecule has 5 aromatic rings. The molecule has 196 valence electrons. The highest BCUT2D eigenvalue weighted by molar-refractivity contribution is 7.13. The van der Waals surface area contributed by atoms with Gasteiger partial charge in [0, 0.05) is 61.1 Å². The van der Waals surface area contributed by atoms with Crippen LogP contribution in [0.15, 0.2) is 84.6 Å². The molecular formula is C28H25N7O3S. The van der Waals surface area contributed by atoms with Gasteiger partial charge in [0.25, 0.3) is 5.91 Å². The minimum absolute atomic E-state index is 0.215. The van der Waals surface area contributed by atoms with Crippen LogP contribution in [0.2, 0.25) is 0 Å². The number of carboxylic acid groups (broad SMARTS) is 1. The molecule has 39 heavy (non-hydrogen) atoms. The Morgan fingerprint density at radius 2 is 1.74 bits per heavy atom. The number of rotatable bonds is 6. The number of fused-ring (bicyclic) bond motifs is 1. The summed E-state index contributed by atoms with van der Waals surface area (Å²) in [6.45, 7) is 2.15. The van der Waals surface area contributed by atoms with Crippen molar-refractivity contribution in [3.63, 3.8) is 0 Å². The molecule has 1 atom stereocenters. The molecule has 3 aromatic heterocycles. The van der Waals surface area contributed by atoms with Crippen molar-refractivity contribution in [2.45, 2.75) is 6.04 Å². The molecule has 6 rings (SSSR count). The summed E-state index contributed by atoms with van der Waals surface area (Å²) < 4.78 is 1.70. The summed E-state index contributed by atoms with van der Waals surface area (Å²) in [5.74, 6) is 0.610. The quantitative estimate of drug-likeness (QED) is 0.324. The van der Waals surface area contributed by atoms with Crippen LogP contribution in [0.3, 0.4) is 0 Å². The van der Waals surface area contributed by atoms with Crippen LogP contribution in [0.1, 0.15) is 11.6 Å². The van der Waals surface area contributed by atoms with Crippen LogP contribution >= 0.6 is 11.3 Å². The highest BCUT2D eigenvalue weighted by Gasteiger charge is 2.25. The minimum Gasteiger partial charge on any atom is -0.465 e. The van der Waals surface area contributed by atoms with Gasteiger partial charge in [-0.25, -0.2) is 14.8 Å². The van der Waals surface area contributed by atoms with Crippen molar-refractivity contribution in [2.75, 3.05) is 36.4 Å². The molecule has 11 heteroatoms. The van der Waals surface area contributed by atoms with Crippen molar-refractivity contribution in [1.29, 1.82) is 0 Å². The second-order valence-corrected chi connectivity index (χ2v) is 10.1. The summed E-state index contributed by atoms with van der Waals surface area (Å²) in [7, 11) is 0. The Bertz CT molecular complexity index is 1600. The molecule has 4 heterocycles. The minimum atomic E-state index is -0.883. The van der Waals surface area contributed by atoms with Gasteiger partial charge in [0.1, 0.15) is 5.82 Å². The van der Waals surface area contributed by atoms with E-state index in [0.29, 0.717) is 31.3 Å². The molecular weight excluding hydrogens is 514 g/mol. The number of benzene rings is 2. The molecule has 0 saturated carbocycles. The van der Waals surface area contributed by atoms with Gasteiger partial charge in [0.15, 0.2) is 11.2 Å². The van der Waals surface area contributed by atoms with Crippen LogP contribution < -0.4 is 10.2 Å². The molecule has 1 fully saturated rings. The van der Waals surface area contributed by atoms with Gasteiger partial charge in [0.2, 0.25) is 0 Å². The number of carbonyl (C=O) groups excluding carboxylic acids is 1. The molecule has 0 spiro atoms. The van der Waals surface area contributed by atoms with Gasteiger partial charge in [-0.1, -0.05) is 42.5 Å². The fraction of sp³-hybridized carbons (Fsp3) is 0.179. The van der Waals surface area contributed by atoms with E-state index in [2.05, 4.69) is 20.2 Å². The normalized spacial score (nSPS) is 14.4. The van der Waals surface area contributed by atoms with Crippen molar-refractivity contribution in [1.82, 2.24) is 24.6 Å². The average molecular weight is 540 g/mol. The number of nitrogens with zero attached hydrogens (tertiary/aromatic N) is 6. The van der Waals surface area contributed by atoms with Crippen LogP contribution in [0.4, 0.5) is 15.7 Å². The van der Waals surface area contributed by atoms with Crippen LogP contribution in [0, 0.1) is 0 Å². The largest absolute Gasteiger partial charge is 0.465 e. The third-order valence-corrected chi connectivity index (χ3v) is 7.46. The second-order valence-electron chi connectivity index (χ2n) is 9.18. The summed E-state index contributed by atoms with van der Waals surface area (Å²) in [4.78, 5) is 36.8. The Labute approximate surface area is 228 Å². The van der Waals surface area contributed by atoms with Crippen LogP contribution in [0.25, 0.3) is 22.0 Å². The lowest BCUT2D eigenvalue weighted by Crippen LogP contribution is -2.48. The van der Waals surface area contributed by atoms with Gasteiger partial charge in [0.05, 0.1) is 5.52 Å². The first-order valence-electron chi connectivity index (χ1n) is 12.5. The van der Waals surface area contributed by atoms with Gasteiger partial charge in [-0.15, -0.1) is 11.3 Å². The van der Waals surface area contributed by atoms with E-state index in [4.69, 9.17) is 10.2 Å². The summed E-state index contributed by atoms with van der Waals surface area (Å²) >= 11 is 1.37. The van der Waals surface area contributed by atoms with E-state index in [1.165, 1.54) is 16.2 Å². The smallest absolute Gasteiger partial charge is 0.407 e. The summed E-state index contributed by atoms with van der Waals surface area (Å²) in [6, 6.07) is 18.9. The highest BCUT2D eigenvalue weighted by Crippen LogP contribution is 2.28. The number of pyridine rings is 1. The molecule has 1 unspecified atom stereocenters. The predicted octanol–water partition coefficient (Wildman–Crippen LogP) is 4.58. The highest BCUT2D eigenvalue weighted by atomic mass is 32.1. The van der Waals surface area contributed by atoms with Crippen molar-refractivity contribution < 1.29 is 14.7 Å². The van der Waals surface area contributed by atoms with E-state index in [-0.39, 0.29) is 5.91 Å². The summed E-state index contributed by atoms with van der Waals surface area (Å²) in [6.07, 6.45) is 4.48. The first-order valence-corrected chi connectivity index (χ1v) is 13.4. The van der Waals surface area contributed by atoms with Crippen LogP contribution in [0.5, 0.6) is 0 Å². The molecule has 0 bridgehead atoms. The fourth-order valence-corrected chi connectivity index (χ4v) is 5.27. The first kappa shape index (κ1) is 24.6. The van der Waals surface area contributed by atoms with E-state index < -0.39 is 12.1 Å². The zero-order valence-corrected chi connectivity index (χ0v) is 21.7.